The van der Waals surface area contributed by atoms with Crippen LogP contribution in [0.1, 0.15) is 48.9 Å². The summed E-state index contributed by atoms with van der Waals surface area (Å²) in [5, 5.41) is 15.8. The molecule has 1 fully saturated rings. The van der Waals surface area contributed by atoms with Crippen LogP contribution < -0.4 is 10.6 Å². The minimum atomic E-state index is -2.70. The smallest absolute Gasteiger partial charge is 0.305 e. The minimum Gasteiger partial charge on any atom is -0.305 e. The largest absolute Gasteiger partial charge is 0.325 e. The van der Waals surface area contributed by atoms with Crippen LogP contribution in [0.4, 0.5) is 24.4 Å². The van der Waals surface area contributed by atoms with Crippen LogP contribution in [-0.4, -0.2) is 26.0 Å². The van der Waals surface area contributed by atoms with E-state index in [-0.39, 0.29) is 5.13 Å². The molecule has 1 aliphatic rings. The Labute approximate surface area is 135 Å². The van der Waals surface area contributed by atoms with E-state index in [0.29, 0.717) is 23.1 Å². The molecular weight excluding hydrogens is 326 g/mol. The zero-order valence-electron chi connectivity index (χ0n) is 12.4. The number of rotatable bonds is 4. The summed E-state index contributed by atoms with van der Waals surface area (Å²) < 4.78 is 26.8. The van der Waals surface area contributed by atoms with Crippen molar-refractivity contribution in [1.29, 1.82) is 0 Å². The topological polar surface area (TPSA) is 84.7 Å². The number of amides is 2. The van der Waals surface area contributed by atoms with Gasteiger partial charge in [0.1, 0.15) is 0 Å². The van der Waals surface area contributed by atoms with Crippen molar-refractivity contribution in [3.05, 3.63) is 16.9 Å². The second kappa shape index (κ2) is 6.57. The van der Waals surface area contributed by atoms with Crippen molar-refractivity contribution in [3.8, 4) is 0 Å². The summed E-state index contributed by atoms with van der Waals surface area (Å²) in [6.07, 6.45) is 3.47. The maximum atomic E-state index is 12.4. The lowest BCUT2D eigenvalue weighted by molar-refractivity contribution is 0.150. The Kier molecular flexibility index (Phi) is 4.51. The fourth-order valence-corrected chi connectivity index (χ4v) is 3.28. The van der Waals surface area contributed by atoms with Crippen LogP contribution in [0.3, 0.4) is 0 Å². The normalized spacial score (nSPS) is 15.3. The third-order valence-corrected chi connectivity index (χ3v) is 4.66. The molecule has 10 heteroatoms. The zero-order valence-corrected chi connectivity index (χ0v) is 13.2. The van der Waals surface area contributed by atoms with E-state index >= 15 is 0 Å². The van der Waals surface area contributed by atoms with Gasteiger partial charge in [-0.15, -0.1) is 10.2 Å². The Morgan fingerprint density at radius 2 is 2.09 bits per heavy atom. The molecule has 0 aliphatic heterocycles. The molecule has 0 atom stereocenters. The molecule has 2 aromatic heterocycles. The molecule has 0 bridgehead atoms. The summed E-state index contributed by atoms with van der Waals surface area (Å²) in [4.78, 5) is 11.9. The highest BCUT2D eigenvalue weighted by Crippen LogP contribution is 2.31. The van der Waals surface area contributed by atoms with Crippen molar-refractivity contribution in [2.75, 3.05) is 10.6 Å². The molecule has 0 unspecified atom stereocenters. The van der Waals surface area contributed by atoms with Crippen molar-refractivity contribution < 1.29 is 13.6 Å². The predicted molar refractivity (Wildman–Crippen MR) is 82.0 cm³/mol. The lowest BCUT2D eigenvalue weighted by Crippen LogP contribution is -2.20. The van der Waals surface area contributed by atoms with E-state index in [4.69, 9.17) is 0 Å². The molecule has 2 N–H and O–H groups in total. The van der Waals surface area contributed by atoms with Gasteiger partial charge in [-0.3, -0.25) is 10.00 Å². The number of aromatic nitrogens is 4. The quantitative estimate of drug-likeness (QED) is 0.886. The molecule has 0 spiro atoms. The van der Waals surface area contributed by atoms with Crippen LogP contribution in [0, 0.1) is 6.92 Å². The van der Waals surface area contributed by atoms with E-state index in [2.05, 4.69) is 25.9 Å². The maximum absolute atomic E-state index is 12.4. The maximum Gasteiger partial charge on any atom is 0.325 e. The summed E-state index contributed by atoms with van der Waals surface area (Å²) in [6, 6.07) is -0.179. The molecule has 2 aromatic rings. The van der Waals surface area contributed by atoms with Crippen LogP contribution in [-0.2, 0) is 0 Å². The number of alkyl halides is 2. The molecule has 0 saturated heterocycles. The Hall–Kier alpha value is -2.10. The highest BCUT2D eigenvalue weighted by Gasteiger charge is 2.21. The van der Waals surface area contributed by atoms with E-state index in [1.807, 2.05) is 11.6 Å². The number of halogens is 2. The number of hydrogen-bond donors (Lipinski definition) is 2. The summed E-state index contributed by atoms with van der Waals surface area (Å²) in [5.41, 5.74) is 1.46. The molecule has 2 heterocycles. The van der Waals surface area contributed by atoms with Crippen molar-refractivity contribution in [2.24, 2.45) is 0 Å². The molecule has 1 aliphatic carbocycles. The van der Waals surface area contributed by atoms with Gasteiger partial charge in [0.15, 0.2) is 5.01 Å². The summed E-state index contributed by atoms with van der Waals surface area (Å²) in [5.74, 6) is 0. The van der Waals surface area contributed by atoms with E-state index in [9.17, 15) is 13.6 Å². The van der Waals surface area contributed by atoms with Crippen LogP contribution in [0.15, 0.2) is 6.20 Å². The first-order valence-corrected chi connectivity index (χ1v) is 8.10. The van der Waals surface area contributed by atoms with Gasteiger partial charge >= 0.3 is 6.03 Å². The van der Waals surface area contributed by atoms with Crippen LogP contribution in [0.5, 0.6) is 0 Å². The van der Waals surface area contributed by atoms with Crippen LogP contribution >= 0.6 is 11.3 Å². The van der Waals surface area contributed by atoms with E-state index in [1.165, 1.54) is 12.8 Å². The molecule has 2 amide bonds. The van der Waals surface area contributed by atoms with Gasteiger partial charge in [0.2, 0.25) is 5.13 Å². The fraction of sp³-hybridized carbons (Fsp3) is 0.538. The van der Waals surface area contributed by atoms with Crippen molar-refractivity contribution >= 4 is 28.2 Å². The first kappa shape index (κ1) is 15.8. The van der Waals surface area contributed by atoms with Gasteiger partial charge < -0.3 is 5.32 Å². The number of urea groups is 1. The van der Waals surface area contributed by atoms with Crippen LogP contribution in [0.25, 0.3) is 0 Å². The fourth-order valence-electron chi connectivity index (χ4n) is 2.69. The standard InChI is InChI=1S/C13H16F2N6OS/c1-7-9(6-16-21(7)8-4-2-3-5-8)17-12(22)18-13-20-19-11(23-13)10(14)15/h6,8,10H,2-5H2,1H3,(H2,17,18,20,22). The first-order valence-electron chi connectivity index (χ1n) is 7.28. The Morgan fingerprint density at radius 1 is 1.35 bits per heavy atom. The highest BCUT2D eigenvalue weighted by molar-refractivity contribution is 7.15. The van der Waals surface area contributed by atoms with Crippen LogP contribution in [0.2, 0.25) is 0 Å². The molecule has 23 heavy (non-hydrogen) atoms. The molecule has 124 valence electrons. The number of nitrogens with zero attached hydrogens (tertiary/aromatic N) is 4. The van der Waals surface area contributed by atoms with Gasteiger partial charge in [0.05, 0.1) is 23.6 Å². The van der Waals surface area contributed by atoms with E-state index in [0.717, 1.165) is 18.5 Å². The van der Waals surface area contributed by atoms with E-state index < -0.39 is 17.5 Å². The number of carbonyl (C=O) groups is 1. The monoisotopic (exact) mass is 342 g/mol. The lowest BCUT2D eigenvalue weighted by atomic mass is 10.2. The molecule has 0 radical (unpaired) electrons. The second-order valence-electron chi connectivity index (χ2n) is 5.35. The van der Waals surface area contributed by atoms with Gasteiger partial charge in [-0.05, 0) is 19.8 Å². The van der Waals surface area contributed by atoms with Gasteiger partial charge in [0, 0.05) is 0 Å². The summed E-state index contributed by atoms with van der Waals surface area (Å²) in [6.45, 7) is 1.89. The molecule has 3 rings (SSSR count). The van der Waals surface area contributed by atoms with Gasteiger partial charge in [0.25, 0.3) is 6.43 Å². The second-order valence-corrected chi connectivity index (χ2v) is 6.36. The van der Waals surface area contributed by atoms with Crippen molar-refractivity contribution in [1.82, 2.24) is 20.0 Å². The van der Waals surface area contributed by atoms with Gasteiger partial charge in [-0.2, -0.15) is 5.10 Å². The SMILES string of the molecule is Cc1c(NC(=O)Nc2nnc(C(F)F)s2)cnn1C1CCCC1. The first-order chi connectivity index (χ1) is 11.0. The average Bonchev–Trinajstić information content (AvgIpc) is 3.21. The summed E-state index contributed by atoms with van der Waals surface area (Å²) >= 11 is 0.645. The Balaban J connectivity index is 1.63. The lowest BCUT2D eigenvalue weighted by Gasteiger charge is -2.12. The molecular formula is C13H16F2N6OS. The Morgan fingerprint density at radius 3 is 2.74 bits per heavy atom. The van der Waals surface area contributed by atoms with E-state index in [1.54, 1.807) is 6.20 Å². The zero-order chi connectivity index (χ0) is 16.4. The average molecular weight is 342 g/mol. The third kappa shape index (κ3) is 3.46. The summed E-state index contributed by atoms with van der Waals surface area (Å²) in [7, 11) is 0. The molecule has 7 nitrogen and oxygen atoms in total. The van der Waals surface area contributed by atoms with Gasteiger partial charge in [-0.1, -0.05) is 24.2 Å². The third-order valence-electron chi connectivity index (χ3n) is 3.81. The van der Waals surface area contributed by atoms with Crippen molar-refractivity contribution in [3.63, 3.8) is 0 Å². The Bertz CT molecular complexity index is 694. The number of nitrogens with one attached hydrogen (secondary N) is 2. The number of hydrogen-bond acceptors (Lipinski definition) is 5. The molecule has 0 aromatic carbocycles. The molecule has 1 saturated carbocycles. The highest BCUT2D eigenvalue weighted by atomic mass is 32.1. The van der Waals surface area contributed by atoms with Gasteiger partial charge in [-0.25, -0.2) is 13.6 Å². The number of anilines is 2. The van der Waals surface area contributed by atoms with Crippen molar-refractivity contribution in [2.45, 2.75) is 45.1 Å². The minimum absolute atomic E-state index is 0.0265. The predicted octanol–water partition coefficient (Wildman–Crippen LogP) is 3.74. The number of carbonyl (C=O) groups excluding carboxylic acids is 1.